The van der Waals surface area contributed by atoms with Crippen LogP contribution in [0.5, 0.6) is 5.75 Å². The molecule has 4 atom stereocenters. The zero-order valence-corrected chi connectivity index (χ0v) is 34.8. The van der Waals surface area contributed by atoms with Crippen molar-refractivity contribution in [3.8, 4) is 16.2 Å². The molecule has 0 radical (unpaired) electrons. The number of ether oxygens (including phenoxy) is 3. The number of non-ortho nitro benzene ring substituents is 1. The van der Waals surface area contributed by atoms with Crippen LogP contribution in [0.15, 0.2) is 76.0 Å². The number of benzene rings is 3. The maximum Gasteiger partial charge on any atom is 0.270 e. The standard InChI is InChI=1S/C42H49N5O9S2/c1-25(27-6-8-28(9-7-27)39-26(2)43-24-57-39)18-35(49)34-20-30(48)22-46(34)41(51)40(42(3,4)5)45-38(50)23-55-15-14-54-16-17-56-31-11-13-33-37(21-31)58-36-19-29(47(52)53)10-12-32(36)44-33/h6-13,19,21,24-25,30,34,40,44,48H,14-18,20,22-23H2,1-5H3,(H,45,50)/t25-,30-,34+,40-/m1/s1. The third-order valence-corrected chi connectivity index (χ3v) is 12.2. The molecule has 2 aliphatic rings. The highest BCUT2D eigenvalue weighted by molar-refractivity contribution is 7.99. The lowest BCUT2D eigenvalue weighted by Gasteiger charge is -2.35. The van der Waals surface area contributed by atoms with Gasteiger partial charge < -0.3 is 34.9 Å². The number of rotatable bonds is 17. The van der Waals surface area contributed by atoms with Gasteiger partial charge in [0.2, 0.25) is 11.8 Å². The van der Waals surface area contributed by atoms with Gasteiger partial charge in [-0.2, -0.15) is 0 Å². The lowest BCUT2D eigenvalue weighted by atomic mass is 9.85. The van der Waals surface area contributed by atoms with Gasteiger partial charge in [-0.05, 0) is 53.6 Å². The van der Waals surface area contributed by atoms with E-state index < -0.39 is 40.3 Å². The molecule has 2 aliphatic heterocycles. The van der Waals surface area contributed by atoms with E-state index in [4.69, 9.17) is 14.2 Å². The fourth-order valence-electron chi connectivity index (χ4n) is 6.94. The fourth-order valence-corrected chi connectivity index (χ4v) is 8.80. The Labute approximate surface area is 345 Å². The first kappa shape index (κ1) is 42.7. The van der Waals surface area contributed by atoms with Crippen LogP contribution in [-0.2, 0) is 23.9 Å². The molecular weight excluding hydrogens is 783 g/mol. The maximum absolute atomic E-state index is 14.0. The lowest BCUT2D eigenvalue weighted by Crippen LogP contribution is -2.57. The number of nitro groups is 1. The molecule has 16 heteroatoms. The Hall–Kier alpha value is -4.87. The first-order valence-electron chi connectivity index (χ1n) is 19.1. The average molecular weight is 832 g/mol. The minimum atomic E-state index is -0.955. The number of hydrogen-bond acceptors (Lipinski definition) is 13. The number of thiazole rings is 1. The fraction of sp³-hybridized carbons (Fsp3) is 0.429. The molecule has 1 saturated heterocycles. The Bertz CT molecular complexity index is 2120. The first-order chi connectivity index (χ1) is 27.7. The number of ketones is 1. The zero-order chi connectivity index (χ0) is 41.6. The van der Waals surface area contributed by atoms with Crippen LogP contribution in [0.4, 0.5) is 17.1 Å². The van der Waals surface area contributed by atoms with Gasteiger partial charge in [-0.1, -0.05) is 63.7 Å². The molecule has 58 heavy (non-hydrogen) atoms. The SMILES string of the molecule is Cc1ncsc1-c1ccc([C@H](C)CC(=O)[C@@H]2C[C@@H](O)CN2C(=O)[C@@H](NC(=O)COCCOCCOc2ccc3c(c2)Sc2cc([N+](=O)[O-])ccc2N3)C(C)(C)C)cc1. The van der Waals surface area contributed by atoms with E-state index in [0.717, 1.165) is 42.9 Å². The number of anilines is 2. The summed E-state index contributed by atoms with van der Waals surface area (Å²) >= 11 is 3.01. The van der Waals surface area contributed by atoms with E-state index >= 15 is 0 Å². The summed E-state index contributed by atoms with van der Waals surface area (Å²) in [6.45, 7) is 10.1. The molecule has 3 aromatic carbocycles. The summed E-state index contributed by atoms with van der Waals surface area (Å²) < 4.78 is 17.0. The normalized spacial score (nSPS) is 17.1. The quantitative estimate of drug-likeness (QED) is 0.0502. The third kappa shape index (κ3) is 10.6. The van der Waals surface area contributed by atoms with Gasteiger partial charge in [0.1, 0.15) is 25.0 Å². The Morgan fingerprint density at radius 2 is 1.71 bits per heavy atom. The number of aliphatic hydroxyl groups is 1. The van der Waals surface area contributed by atoms with Gasteiger partial charge in [0.15, 0.2) is 5.78 Å². The number of aliphatic hydroxyl groups excluding tert-OH is 1. The van der Waals surface area contributed by atoms with Crippen molar-refractivity contribution in [3.05, 3.63) is 87.5 Å². The van der Waals surface area contributed by atoms with Crippen LogP contribution in [-0.4, -0.2) is 95.3 Å². The molecule has 14 nitrogen and oxygen atoms in total. The second-order valence-electron chi connectivity index (χ2n) is 15.6. The van der Waals surface area contributed by atoms with Gasteiger partial charge >= 0.3 is 0 Å². The highest BCUT2D eigenvalue weighted by atomic mass is 32.2. The van der Waals surface area contributed by atoms with Crippen LogP contribution in [0.3, 0.4) is 0 Å². The summed E-state index contributed by atoms with van der Waals surface area (Å²) in [5, 5.41) is 27.9. The number of β-amino-alcohol motifs (C(OH)–C–C–N with tert-alkyl or cyclic N) is 1. The number of likely N-dealkylation sites (tertiary alicyclic amines) is 1. The molecule has 3 heterocycles. The van der Waals surface area contributed by atoms with Crippen LogP contribution in [0.2, 0.25) is 0 Å². The molecule has 1 fully saturated rings. The molecular formula is C42H49N5O9S2. The zero-order valence-electron chi connectivity index (χ0n) is 33.2. The van der Waals surface area contributed by atoms with Crippen molar-refractivity contribution in [1.82, 2.24) is 15.2 Å². The molecule has 0 aliphatic carbocycles. The Morgan fingerprint density at radius 3 is 2.40 bits per heavy atom. The van der Waals surface area contributed by atoms with Crippen LogP contribution in [0.25, 0.3) is 10.4 Å². The van der Waals surface area contributed by atoms with Gasteiger partial charge in [-0.25, -0.2) is 4.98 Å². The van der Waals surface area contributed by atoms with Crippen LogP contribution in [0, 0.1) is 22.5 Å². The Morgan fingerprint density at radius 1 is 1.02 bits per heavy atom. The van der Waals surface area contributed by atoms with Crippen molar-refractivity contribution >= 4 is 57.8 Å². The lowest BCUT2D eigenvalue weighted by molar-refractivity contribution is -0.385. The van der Waals surface area contributed by atoms with Crippen molar-refractivity contribution in [1.29, 1.82) is 0 Å². The summed E-state index contributed by atoms with van der Waals surface area (Å²) in [5.74, 6) is -0.514. The number of nitrogens with one attached hydrogen (secondary N) is 2. The number of nitrogens with zero attached hydrogens (tertiary/aromatic N) is 3. The van der Waals surface area contributed by atoms with Crippen molar-refractivity contribution in [2.24, 2.45) is 5.41 Å². The molecule has 0 bridgehead atoms. The Kier molecular flexibility index (Phi) is 13.9. The molecule has 3 N–H and O–H groups in total. The number of aromatic nitrogens is 1. The monoisotopic (exact) mass is 831 g/mol. The van der Waals surface area contributed by atoms with E-state index in [-0.39, 0.29) is 69.8 Å². The van der Waals surface area contributed by atoms with E-state index in [1.807, 2.05) is 82.6 Å². The van der Waals surface area contributed by atoms with Gasteiger partial charge in [0, 0.05) is 41.3 Å². The van der Waals surface area contributed by atoms with E-state index in [0.29, 0.717) is 5.75 Å². The molecule has 0 unspecified atom stereocenters. The minimum Gasteiger partial charge on any atom is -0.491 e. The van der Waals surface area contributed by atoms with Gasteiger partial charge in [-0.3, -0.25) is 24.5 Å². The van der Waals surface area contributed by atoms with Crippen molar-refractivity contribution in [3.63, 3.8) is 0 Å². The van der Waals surface area contributed by atoms with Crippen molar-refractivity contribution in [2.45, 2.75) is 81.4 Å². The molecule has 1 aromatic heterocycles. The number of carbonyl (C=O) groups excluding carboxylic acids is 3. The van der Waals surface area contributed by atoms with Crippen LogP contribution >= 0.6 is 23.1 Å². The van der Waals surface area contributed by atoms with Gasteiger partial charge in [-0.15, -0.1) is 11.3 Å². The number of Topliss-reactive ketones (excluding diaryl/α,β-unsaturated/α-hetero) is 1. The van der Waals surface area contributed by atoms with E-state index in [2.05, 4.69) is 15.6 Å². The summed E-state index contributed by atoms with van der Waals surface area (Å²) in [4.78, 5) is 60.0. The number of hydrogen-bond donors (Lipinski definition) is 3. The number of aryl methyl sites for hydroxylation is 1. The van der Waals surface area contributed by atoms with Gasteiger partial charge in [0.25, 0.3) is 5.69 Å². The van der Waals surface area contributed by atoms with E-state index in [1.54, 1.807) is 23.5 Å². The molecule has 0 saturated carbocycles. The summed E-state index contributed by atoms with van der Waals surface area (Å²) in [6.07, 6.45) is -0.501. The average Bonchev–Trinajstić information content (AvgIpc) is 3.81. The second kappa shape index (κ2) is 18.8. The topological polar surface area (TPSA) is 182 Å². The smallest absolute Gasteiger partial charge is 0.270 e. The third-order valence-electron chi connectivity index (χ3n) is 10.1. The number of amides is 2. The second-order valence-corrected chi connectivity index (χ2v) is 17.5. The van der Waals surface area contributed by atoms with E-state index in [9.17, 15) is 29.6 Å². The number of nitro benzene ring substituents is 1. The molecule has 0 spiro atoms. The van der Waals surface area contributed by atoms with E-state index in [1.165, 1.54) is 22.7 Å². The predicted molar refractivity (Wildman–Crippen MR) is 222 cm³/mol. The highest BCUT2D eigenvalue weighted by Gasteiger charge is 2.44. The summed E-state index contributed by atoms with van der Waals surface area (Å²) in [5.41, 5.74) is 5.89. The summed E-state index contributed by atoms with van der Waals surface area (Å²) in [7, 11) is 0. The largest absolute Gasteiger partial charge is 0.491 e. The highest BCUT2D eigenvalue weighted by Crippen LogP contribution is 2.46. The predicted octanol–water partition coefficient (Wildman–Crippen LogP) is 6.90. The summed E-state index contributed by atoms with van der Waals surface area (Å²) in [6, 6.07) is 16.6. The molecule has 4 aromatic rings. The number of carbonyl (C=O) groups is 3. The number of fused-ring (bicyclic) bond motifs is 2. The van der Waals surface area contributed by atoms with Crippen LogP contribution in [0.1, 0.15) is 57.7 Å². The molecule has 308 valence electrons. The minimum absolute atomic E-state index is 0.0104. The van der Waals surface area contributed by atoms with Gasteiger partial charge in [0.05, 0.1) is 64.3 Å². The Balaban J connectivity index is 0.921. The van der Waals surface area contributed by atoms with Crippen molar-refractivity contribution in [2.75, 3.05) is 44.9 Å². The van der Waals surface area contributed by atoms with Crippen LogP contribution < -0.4 is 15.4 Å². The molecule has 6 rings (SSSR count). The first-order valence-corrected chi connectivity index (χ1v) is 20.8. The maximum atomic E-state index is 14.0. The van der Waals surface area contributed by atoms with Crippen molar-refractivity contribution < 1.29 is 38.6 Å². The molecule has 2 amide bonds.